The number of amidine groups is 1. The molecule has 5 heteroatoms. The molecule has 0 spiro atoms. The quantitative estimate of drug-likeness (QED) is 0.374. The standard InChI is InChI=1S/C12H20N4O/c1-16(7-3-2-4-8-17)10-5-6-11(12(13)14)15-9-10/h5-6,9,17H,2-4,7-8H2,1H3,(H3,13,14). The first-order chi connectivity index (χ1) is 8.15. The van der Waals surface area contributed by atoms with Crippen molar-refractivity contribution in [2.45, 2.75) is 19.3 Å². The van der Waals surface area contributed by atoms with Crippen molar-refractivity contribution in [2.24, 2.45) is 5.73 Å². The van der Waals surface area contributed by atoms with Gasteiger partial charge in [-0.1, -0.05) is 0 Å². The summed E-state index contributed by atoms with van der Waals surface area (Å²) in [4.78, 5) is 6.22. The molecule has 0 radical (unpaired) electrons. The van der Waals surface area contributed by atoms with E-state index in [0.717, 1.165) is 31.5 Å². The molecule has 0 amide bonds. The summed E-state index contributed by atoms with van der Waals surface area (Å²) in [5.41, 5.74) is 6.85. The fraction of sp³-hybridized carbons (Fsp3) is 0.500. The minimum Gasteiger partial charge on any atom is -0.396 e. The zero-order valence-electron chi connectivity index (χ0n) is 10.2. The Kier molecular flexibility index (Phi) is 5.42. The number of nitrogens with zero attached hydrogens (tertiary/aromatic N) is 2. The van der Waals surface area contributed by atoms with Crippen LogP contribution in [-0.2, 0) is 0 Å². The zero-order valence-corrected chi connectivity index (χ0v) is 10.2. The summed E-state index contributed by atoms with van der Waals surface area (Å²) in [6, 6.07) is 3.66. The minimum atomic E-state index is -0.0119. The molecule has 4 N–H and O–H groups in total. The van der Waals surface area contributed by atoms with Crippen molar-refractivity contribution in [3.8, 4) is 0 Å². The van der Waals surface area contributed by atoms with Crippen molar-refractivity contribution in [1.29, 1.82) is 5.41 Å². The highest BCUT2D eigenvalue weighted by molar-refractivity contribution is 5.93. The topological polar surface area (TPSA) is 86.2 Å². The van der Waals surface area contributed by atoms with E-state index in [9.17, 15) is 0 Å². The number of anilines is 1. The summed E-state index contributed by atoms with van der Waals surface area (Å²) in [6.07, 6.45) is 4.66. The number of pyridine rings is 1. The molecule has 1 heterocycles. The summed E-state index contributed by atoms with van der Waals surface area (Å²) < 4.78 is 0. The zero-order chi connectivity index (χ0) is 12.7. The van der Waals surface area contributed by atoms with Gasteiger partial charge in [-0.25, -0.2) is 0 Å². The third-order valence-corrected chi connectivity index (χ3v) is 2.62. The van der Waals surface area contributed by atoms with Crippen LogP contribution < -0.4 is 10.6 Å². The molecule has 0 unspecified atom stereocenters. The maximum atomic E-state index is 8.68. The first-order valence-corrected chi connectivity index (χ1v) is 5.77. The molecule has 1 aromatic heterocycles. The predicted molar refractivity (Wildman–Crippen MR) is 69.5 cm³/mol. The average molecular weight is 236 g/mol. The molecule has 94 valence electrons. The van der Waals surface area contributed by atoms with Crippen LogP contribution in [0, 0.1) is 5.41 Å². The maximum absolute atomic E-state index is 8.68. The van der Waals surface area contributed by atoms with E-state index in [4.69, 9.17) is 16.2 Å². The van der Waals surface area contributed by atoms with Crippen molar-refractivity contribution in [3.05, 3.63) is 24.0 Å². The molecule has 0 atom stereocenters. The number of nitrogen functional groups attached to an aromatic ring is 1. The fourth-order valence-electron chi connectivity index (χ4n) is 1.54. The van der Waals surface area contributed by atoms with Gasteiger partial charge in [0.25, 0.3) is 0 Å². The van der Waals surface area contributed by atoms with Gasteiger partial charge in [-0.2, -0.15) is 0 Å². The smallest absolute Gasteiger partial charge is 0.141 e. The van der Waals surface area contributed by atoms with E-state index in [0.29, 0.717) is 5.69 Å². The normalized spacial score (nSPS) is 10.2. The van der Waals surface area contributed by atoms with Crippen LogP contribution in [-0.4, -0.2) is 36.1 Å². The number of hydrogen-bond donors (Lipinski definition) is 3. The van der Waals surface area contributed by atoms with Crippen LogP contribution in [0.25, 0.3) is 0 Å². The summed E-state index contributed by atoms with van der Waals surface area (Å²) in [5, 5.41) is 15.9. The van der Waals surface area contributed by atoms with Crippen molar-refractivity contribution in [2.75, 3.05) is 25.1 Å². The highest BCUT2D eigenvalue weighted by Gasteiger charge is 2.02. The van der Waals surface area contributed by atoms with Crippen LogP contribution in [0.2, 0.25) is 0 Å². The Balaban J connectivity index is 2.46. The fourth-order valence-corrected chi connectivity index (χ4v) is 1.54. The third-order valence-electron chi connectivity index (χ3n) is 2.62. The van der Waals surface area contributed by atoms with E-state index in [-0.39, 0.29) is 12.4 Å². The van der Waals surface area contributed by atoms with Gasteiger partial charge in [-0.05, 0) is 31.4 Å². The van der Waals surface area contributed by atoms with E-state index in [2.05, 4.69) is 9.88 Å². The lowest BCUT2D eigenvalue weighted by atomic mass is 10.2. The molecule has 5 nitrogen and oxygen atoms in total. The van der Waals surface area contributed by atoms with Crippen molar-refractivity contribution in [1.82, 2.24) is 4.98 Å². The Morgan fingerprint density at radius 3 is 2.71 bits per heavy atom. The number of unbranched alkanes of at least 4 members (excludes halogenated alkanes) is 2. The largest absolute Gasteiger partial charge is 0.396 e. The molecular weight excluding hydrogens is 216 g/mol. The molecule has 0 saturated carbocycles. The van der Waals surface area contributed by atoms with E-state index < -0.39 is 0 Å². The molecule has 0 aliphatic rings. The SMILES string of the molecule is CN(CCCCCO)c1ccc(C(=N)N)nc1. The Labute approximate surface area is 102 Å². The molecule has 1 rings (SSSR count). The lowest BCUT2D eigenvalue weighted by Gasteiger charge is -2.18. The second-order valence-corrected chi connectivity index (χ2v) is 4.02. The molecule has 0 bridgehead atoms. The Hall–Kier alpha value is -1.62. The van der Waals surface area contributed by atoms with Crippen LogP contribution >= 0.6 is 0 Å². The van der Waals surface area contributed by atoms with E-state index in [1.165, 1.54) is 0 Å². The lowest BCUT2D eigenvalue weighted by molar-refractivity contribution is 0.283. The van der Waals surface area contributed by atoms with Crippen LogP contribution in [0.5, 0.6) is 0 Å². The number of aliphatic hydroxyl groups excluding tert-OH is 1. The van der Waals surface area contributed by atoms with E-state index in [1.54, 1.807) is 12.3 Å². The highest BCUT2D eigenvalue weighted by atomic mass is 16.2. The highest BCUT2D eigenvalue weighted by Crippen LogP contribution is 2.12. The molecular formula is C12H20N4O. The number of rotatable bonds is 7. The second-order valence-electron chi connectivity index (χ2n) is 4.02. The Morgan fingerprint density at radius 2 is 2.18 bits per heavy atom. The van der Waals surface area contributed by atoms with Gasteiger partial charge in [0.15, 0.2) is 0 Å². The lowest BCUT2D eigenvalue weighted by Crippen LogP contribution is -2.19. The second kappa shape index (κ2) is 6.85. The summed E-state index contributed by atoms with van der Waals surface area (Å²) in [5.74, 6) is -0.0119. The Morgan fingerprint density at radius 1 is 1.41 bits per heavy atom. The van der Waals surface area contributed by atoms with Gasteiger partial charge in [-0.3, -0.25) is 10.4 Å². The first kappa shape index (κ1) is 13.4. The number of nitrogens with one attached hydrogen (secondary N) is 1. The van der Waals surface area contributed by atoms with Crippen LogP contribution in [0.3, 0.4) is 0 Å². The van der Waals surface area contributed by atoms with Gasteiger partial charge >= 0.3 is 0 Å². The molecule has 0 aliphatic heterocycles. The monoisotopic (exact) mass is 236 g/mol. The Bertz CT molecular complexity index is 350. The molecule has 0 aliphatic carbocycles. The van der Waals surface area contributed by atoms with Crippen molar-refractivity contribution in [3.63, 3.8) is 0 Å². The molecule has 17 heavy (non-hydrogen) atoms. The number of hydrogen-bond acceptors (Lipinski definition) is 4. The van der Waals surface area contributed by atoms with Crippen LogP contribution in [0.15, 0.2) is 18.3 Å². The summed E-state index contributed by atoms with van der Waals surface area (Å²) in [6.45, 7) is 1.19. The van der Waals surface area contributed by atoms with Crippen molar-refractivity contribution >= 4 is 11.5 Å². The van der Waals surface area contributed by atoms with Crippen LogP contribution in [0.4, 0.5) is 5.69 Å². The maximum Gasteiger partial charge on any atom is 0.141 e. The van der Waals surface area contributed by atoms with Gasteiger partial charge < -0.3 is 15.7 Å². The van der Waals surface area contributed by atoms with Gasteiger partial charge in [0.1, 0.15) is 11.5 Å². The van der Waals surface area contributed by atoms with Crippen molar-refractivity contribution < 1.29 is 5.11 Å². The third kappa shape index (κ3) is 4.40. The van der Waals surface area contributed by atoms with E-state index >= 15 is 0 Å². The van der Waals surface area contributed by atoms with Crippen LogP contribution in [0.1, 0.15) is 25.0 Å². The molecule has 1 aromatic rings. The first-order valence-electron chi connectivity index (χ1n) is 5.77. The number of aliphatic hydroxyl groups is 1. The minimum absolute atomic E-state index is 0.0119. The summed E-state index contributed by atoms with van der Waals surface area (Å²) in [7, 11) is 2.00. The van der Waals surface area contributed by atoms with Gasteiger partial charge in [0, 0.05) is 20.2 Å². The molecule has 0 aromatic carbocycles. The molecule has 0 fully saturated rings. The van der Waals surface area contributed by atoms with Gasteiger partial charge in [0.05, 0.1) is 11.9 Å². The number of nitrogens with two attached hydrogens (primary N) is 1. The number of aromatic nitrogens is 1. The summed E-state index contributed by atoms with van der Waals surface area (Å²) >= 11 is 0. The molecule has 0 saturated heterocycles. The predicted octanol–water partition coefficient (Wildman–Crippen LogP) is 0.964. The average Bonchev–Trinajstić information content (AvgIpc) is 2.34. The van der Waals surface area contributed by atoms with Gasteiger partial charge in [-0.15, -0.1) is 0 Å². The van der Waals surface area contributed by atoms with E-state index in [1.807, 2.05) is 13.1 Å². The van der Waals surface area contributed by atoms with Gasteiger partial charge in [0.2, 0.25) is 0 Å².